The summed E-state index contributed by atoms with van der Waals surface area (Å²) < 4.78 is 4.73. The third-order valence-electron chi connectivity index (χ3n) is 1.95. The van der Waals surface area contributed by atoms with Crippen molar-refractivity contribution in [2.45, 2.75) is 19.1 Å². The van der Waals surface area contributed by atoms with Gasteiger partial charge < -0.3 is 25.8 Å². The van der Waals surface area contributed by atoms with E-state index < -0.39 is 18.2 Å². The van der Waals surface area contributed by atoms with Crippen LogP contribution in [0.4, 0.5) is 4.79 Å². The zero-order valence-electron chi connectivity index (χ0n) is 9.77. The monoisotopic (exact) mass is 233 g/mol. The van der Waals surface area contributed by atoms with E-state index >= 15 is 0 Å². The number of nitrogens with two attached hydrogens (primary N) is 1. The van der Waals surface area contributed by atoms with Gasteiger partial charge in [-0.2, -0.15) is 0 Å². The summed E-state index contributed by atoms with van der Waals surface area (Å²) in [6.07, 6.45) is -0.750. The number of likely N-dealkylation sites (N-methyl/N-ethyl adjacent to an activating group) is 1. The smallest absolute Gasteiger partial charge is 0.312 e. The zero-order chi connectivity index (χ0) is 12.7. The van der Waals surface area contributed by atoms with Crippen LogP contribution in [0.1, 0.15) is 6.92 Å². The average Bonchev–Trinajstić information content (AvgIpc) is 2.15. The highest BCUT2D eigenvalue weighted by atomic mass is 16.5. The molecule has 0 rings (SSSR count). The molecule has 3 amide bonds. The molecule has 2 unspecified atom stereocenters. The Kier molecular flexibility index (Phi) is 6.43. The molecular weight excluding hydrogens is 214 g/mol. The molecule has 0 saturated heterocycles. The fourth-order valence-corrected chi connectivity index (χ4v) is 1.26. The molecular formula is C9H19N3O4. The summed E-state index contributed by atoms with van der Waals surface area (Å²) in [5, 5.41) is 11.7. The SMILES string of the molecule is COCC(O)CN(C)C(=O)C(C)NC(N)=O. The second kappa shape index (κ2) is 7.02. The number of aliphatic hydroxyl groups is 1. The molecule has 0 fully saturated rings. The van der Waals surface area contributed by atoms with E-state index in [1.54, 1.807) is 0 Å². The maximum atomic E-state index is 11.6. The summed E-state index contributed by atoms with van der Waals surface area (Å²) in [5.41, 5.74) is 4.89. The summed E-state index contributed by atoms with van der Waals surface area (Å²) in [5.74, 6) is -0.325. The first-order valence-electron chi connectivity index (χ1n) is 4.86. The number of carbonyl (C=O) groups excluding carboxylic acids is 2. The lowest BCUT2D eigenvalue weighted by Crippen LogP contribution is -2.49. The van der Waals surface area contributed by atoms with Crippen LogP contribution in [0, 0.1) is 0 Å². The largest absolute Gasteiger partial charge is 0.389 e. The molecule has 0 spiro atoms. The van der Waals surface area contributed by atoms with Gasteiger partial charge in [0.2, 0.25) is 5.91 Å². The van der Waals surface area contributed by atoms with Crippen LogP contribution in [-0.2, 0) is 9.53 Å². The average molecular weight is 233 g/mol. The third kappa shape index (κ3) is 5.52. The number of ether oxygens (including phenoxy) is 1. The van der Waals surface area contributed by atoms with Crippen molar-refractivity contribution in [2.24, 2.45) is 5.73 Å². The van der Waals surface area contributed by atoms with E-state index in [1.165, 1.54) is 26.0 Å². The predicted molar refractivity (Wildman–Crippen MR) is 57.7 cm³/mol. The second-order valence-electron chi connectivity index (χ2n) is 3.56. The number of urea groups is 1. The Morgan fingerprint density at radius 2 is 2.12 bits per heavy atom. The Labute approximate surface area is 94.5 Å². The number of rotatable bonds is 6. The predicted octanol–water partition coefficient (Wildman–Crippen LogP) is -1.49. The standard InChI is InChI=1S/C9H19N3O4/c1-6(11-9(10)15)8(14)12(2)4-7(13)5-16-3/h6-7,13H,4-5H2,1-3H3,(H3,10,11,15). The summed E-state index contributed by atoms with van der Waals surface area (Å²) in [7, 11) is 2.99. The number of hydrogen-bond acceptors (Lipinski definition) is 4. The zero-order valence-corrected chi connectivity index (χ0v) is 9.77. The number of nitrogens with one attached hydrogen (secondary N) is 1. The van der Waals surface area contributed by atoms with Crippen LogP contribution in [-0.4, -0.2) is 61.4 Å². The van der Waals surface area contributed by atoms with Crippen molar-refractivity contribution in [3.63, 3.8) is 0 Å². The van der Waals surface area contributed by atoms with Crippen molar-refractivity contribution in [1.82, 2.24) is 10.2 Å². The third-order valence-corrected chi connectivity index (χ3v) is 1.95. The molecule has 2 atom stereocenters. The normalized spacial score (nSPS) is 14.0. The summed E-state index contributed by atoms with van der Waals surface area (Å²) in [4.78, 5) is 23.5. The van der Waals surface area contributed by atoms with Gasteiger partial charge in [0.25, 0.3) is 0 Å². The van der Waals surface area contributed by atoms with Crippen molar-refractivity contribution < 1.29 is 19.4 Å². The van der Waals surface area contributed by atoms with Gasteiger partial charge in [-0.15, -0.1) is 0 Å². The molecule has 0 aliphatic rings. The number of methoxy groups -OCH3 is 1. The van der Waals surface area contributed by atoms with Crippen LogP contribution >= 0.6 is 0 Å². The van der Waals surface area contributed by atoms with Crippen molar-refractivity contribution in [3.05, 3.63) is 0 Å². The van der Waals surface area contributed by atoms with Gasteiger partial charge in [0.15, 0.2) is 0 Å². The molecule has 4 N–H and O–H groups in total. The van der Waals surface area contributed by atoms with Crippen LogP contribution in [0.25, 0.3) is 0 Å². The second-order valence-corrected chi connectivity index (χ2v) is 3.56. The van der Waals surface area contributed by atoms with Crippen molar-refractivity contribution >= 4 is 11.9 Å². The molecule has 0 bridgehead atoms. The molecule has 7 heteroatoms. The molecule has 7 nitrogen and oxygen atoms in total. The van der Waals surface area contributed by atoms with Crippen LogP contribution in [0.2, 0.25) is 0 Å². The van der Waals surface area contributed by atoms with Crippen LogP contribution in [0.5, 0.6) is 0 Å². The summed E-state index contributed by atoms with van der Waals surface area (Å²) >= 11 is 0. The van der Waals surface area contributed by atoms with Gasteiger partial charge in [-0.1, -0.05) is 0 Å². The van der Waals surface area contributed by atoms with E-state index in [0.29, 0.717) is 0 Å². The van der Waals surface area contributed by atoms with E-state index in [-0.39, 0.29) is 19.1 Å². The molecule has 16 heavy (non-hydrogen) atoms. The topological polar surface area (TPSA) is 105 Å². The van der Waals surface area contributed by atoms with Crippen LogP contribution in [0.3, 0.4) is 0 Å². The Morgan fingerprint density at radius 3 is 2.56 bits per heavy atom. The maximum Gasteiger partial charge on any atom is 0.312 e. The first-order valence-corrected chi connectivity index (χ1v) is 4.86. The van der Waals surface area contributed by atoms with E-state index in [0.717, 1.165) is 0 Å². The Bertz CT molecular complexity index is 247. The highest BCUT2D eigenvalue weighted by Gasteiger charge is 2.20. The number of hydrogen-bond donors (Lipinski definition) is 3. The van der Waals surface area contributed by atoms with Gasteiger partial charge in [-0.3, -0.25) is 4.79 Å². The van der Waals surface area contributed by atoms with Gasteiger partial charge in [-0.05, 0) is 6.92 Å². The molecule has 0 aromatic rings. The number of carbonyl (C=O) groups is 2. The highest BCUT2D eigenvalue weighted by Crippen LogP contribution is 1.95. The van der Waals surface area contributed by atoms with Gasteiger partial charge in [0, 0.05) is 20.7 Å². The van der Waals surface area contributed by atoms with Crippen LogP contribution < -0.4 is 11.1 Å². The Balaban J connectivity index is 4.11. The molecule has 0 saturated carbocycles. The Morgan fingerprint density at radius 1 is 1.56 bits per heavy atom. The summed E-state index contributed by atoms with van der Waals surface area (Å²) in [6, 6.07) is -1.47. The van der Waals surface area contributed by atoms with Crippen molar-refractivity contribution in [2.75, 3.05) is 27.3 Å². The maximum absolute atomic E-state index is 11.6. The minimum Gasteiger partial charge on any atom is -0.389 e. The number of primary amides is 1. The lowest BCUT2D eigenvalue weighted by atomic mass is 10.2. The van der Waals surface area contributed by atoms with E-state index in [2.05, 4.69) is 5.32 Å². The minimum absolute atomic E-state index is 0.136. The van der Waals surface area contributed by atoms with E-state index in [1.807, 2.05) is 0 Å². The Hall–Kier alpha value is -1.34. The number of nitrogens with zero attached hydrogens (tertiary/aromatic N) is 1. The molecule has 0 aliphatic carbocycles. The number of aliphatic hydroxyl groups excluding tert-OH is 1. The number of amides is 3. The molecule has 0 aliphatic heterocycles. The lowest BCUT2D eigenvalue weighted by molar-refractivity contribution is -0.133. The van der Waals surface area contributed by atoms with Gasteiger partial charge >= 0.3 is 6.03 Å². The first kappa shape index (κ1) is 14.7. The van der Waals surface area contributed by atoms with E-state index in [9.17, 15) is 14.7 Å². The van der Waals surface area contributed by atoms with Gasteiger partial charge in [0.1, 0.15) is 6.04 Å². The molecule has 94 valence electrons. The molecule has 0 radical (unpaired) electrons. The highest BCUT2D eigenvalue weighted by molar-refractivity contribution is 5.86. The van der Waals surface area contributed by atoms with Gasteiger partial charge in [0.05, 0.1) is 12.7 Å². The molecule has 0 heterocycles. The van der Waals surface area contributed by atoms with Crippen molar-refractivity contribution in [3.8, 4) is 0 Å². The van der Waals surface area contributed by atoms with Crippen LogP contribution in [0.15, 0.2) is 0 Å². The summed E-state index contributed by atoms with van der Waals surface area (Å²) in [6.45, 7) is 1.80. The minimum atomic E-state index is -0.758. The van der Waals surface area contributed by atoms with E-state index in [4.69, 9.17) is 10.5 Å². The van der Waals surface area contributed by atoms with Gasteiger partial charge in [-0.25, -0.2) is 4.79 Å². The molecule has 0 aromatic heterocycles. The lowest BCUT2D eigenvalue weighted by Gasteiger charge is -2.23. The fraction of sp³-hybridized carbons (Fsp3) is 0.778. The first-order chi connectivity index (χ1) is 7.38. The molecule has 0 aromatic carbocycles. The fourth-order valence-electron chi connectivity index (χ4n) is 1.26. The van der Waals surface area contributed by atoms with Crippen molar-refractivity contribution in [1.29, 1.82) is 0 Å². The quantitative estimate of drug-likeness (QED) is 0.519.